The third-order valence-electron chi connectivity index (χ3n) is 5.63. The Balaban J connectivity index is 1.40. The predicted molar refractivity (Wildman–Crippen MR) is 85.9 cm³/mol. The van der Waals surface area contributed by atoms with Crippen molar-refractivity contribution >= 4 is 11.6 Å². The van der Waals surface area contributed by atoms with Gasteiger partial charge in [-0.05, 0) is 25.7 Å². The van der Waals surface area contributed by atoms with Gasteiger partial charge in [0.05, 0.1) is 17.9 Å². The summed E-state index contributed by atoms with van der Waals surface area (Å²) < 4.78 is 2.10. The lowest BCUT2D eigenvalue weighted by Crippen LogP contribution is -2.35. The second kappa shape index (κ2) is 6.03. The highest BCUT2D eigenvalue weighted by Gasteiger charge is 2.31. The maximum atomic E-state index is 11.8. The van der Waals surface area contributed by atoms with E-state index in [0.29, 0.717) is 12.5 Å². The van der Waals surface area contributed by atoms with E-state index in [-0.39, 0.29) is 5.91 Å². The molecule has 2 aliphatic heterocycles. The lowest BCUT2D eigenvalue weighted by Gasteiger charge is -2.30. The Hall–Kier alpha value is -1.36. The topological polar surface area (TPSA) is 41.4 Å². The maximum Gasteiger partial charge on any atom is 0.227 e. The number of aromatic nitrogens is 2. The Labute approximate surface area is 132 Å². The Morgan fingerprint density at radius 3 is 2.64 bits per heavy atom. The molecule has 1 aromatic heterocycles. The van der Waals surface area contributed by atoms with Crippen molar-refractivity contribution in [1.29, 1.82) is 0 Å². The molecule has 1 saturated carbocycles. The molecule has 1 amide bonds. The highest BCUT2D eigenvalue weighted by atomic mass is 16.2. The zero-order valence-electron chi connectivity index (χ0n) is 13.3. The first-order chi connectivity index (χ1) is 10.8. The van der Waals surface area contributed by atoms with Crippen molar-refractivity contribution in [3.05, 3.63) is 12.4 Å². The van der Waals surface area contributed by atoms with Crippen molar-refractivity contribution in [1.82, 2.24) is 14.7 Å². The standard InChI is InChI=1S/C17H26N4O/c22-17-7-4-9-20(17)16-11-18-21(13-16)15-8-10-19(12-15)14-5-2-1-3-6-14/h11,13-15H,1-10,12H2. The van der Waals surface area contributed by atoms with Crippen LogP contribution in [0, 0.1) is 0 Å². The van der Waals surface area contributed by atoms with Gasteiger partial charge in [-0.25, -0.2) is 0 Å². The van der Waals surface area contributed by atoms with E-state index in [4.69, 9.17) is 0 Å². The van der Waals surface area contributed by atoms with E-state index in [0.717, 1.165) is 31.2 Å². The molecule has 0 N–H and O–H groups in total. The third-order valence-corrected chi connectivity index (χ3v) is 5.63. The Morgan fingerprint density at radius 1 is 1.00 bits per heavy atom. The lowest BCUT2D eigenvalue weighted by molar-refractivity contribution is -0.117. The number of likely N-dealkylation sites (tertiary alicyclic amines) is 1. The fourth-order valence-electron chi connectivity index (χ4n) is 4.35. The quantitative estimate of drug-likeness (QED) is 0.862. The van der Waals surface area contributed by atoms with Crippen LogP contribution < -0.4 is 4.90 Å². The molecule has 3 fully saturated rings. The fourth-order valence-corrected chi connectivity index (χ4v) is 4.35. The van der Waals surface area contributed by atoms with Gasteiger partial charge in [0.25, 0.3) is 0 Å². The zero-order chi connectivity index (χ0) is 14.9. The lowest BCUT2D eigenvalue weighted by atomic mass is 9.94. The van der Waals surface area contributed by atoms with E-state index >= 15 is 0 Å². The van der Waals surface area contributed by atoms with Gasteiger partial charge in [-0.15, -0.1) is 0 Å². The van der Waals surface area contributed by atoms with E-state index in [2.05, 4.69) is 20.9 Å². The number of nitrogens with zero attached hydrogens (tertiary/aromatic N) is 4. The Morgan fingerprint density at radius 2 is 1.86 bits per heavy atom. The van der Waals surface area contributed by atoms with Crippen molar-refractivity contribution in [3.63, 3.8) is 0 Å². The molecule has 120 valence electrons. The molecule has 1 unspecified atom stereocenters. The van der Waals surface area contributed by atoms with E-state index in [1.165, 1.54) is 45.1 Å². The van der Waals surface area contributed by atoms with Crippen LogP contribution in [0.25, 0.3) is 0 Å². The summed E-state index contributed by atoms with van der Waals surface area (Å²) in [5.74, 6) is 0.245. The maximum absolute atomic E-state index is 11.8. The normalized spacial score (nSPS) is 27.9. The SMILES string of the molecule is O=C1CCCN1c1cnn(C2CCN(C3CCCCC3)C2)c1. The molecule has 3 heterocycles. The van der Waals surface area contributed by atoms with E-state index in [1.54, 1.807) is 0 Å². The van der Waals surface area contributed by atoms with Gasteiger partial charge in [0.1, 0.15) is 0 Å². The number of hydrogen-bond donors (Lipinski definition) is 0. The van der Waals surface area contributed by atoms with Gasteiger partial charge >= 0.3 is 0 Å². The zero-order valence-corrected chi connectivity index (χ0v) is 13.3. The average Bonchev–Trinajstić information content (AvgIpc) is 3.27. The van der Waals surface area contributed by atoms with Crippen molar-refractivity contribution in [2.45, 2.75) is 63.5 Å². The number of carbonyl (C=O) groups is 1. The second-order valence-corrected chi connectivity index (χ2v) is 7.06. The van der Waals surface area contributed by atoms with Crippen LogP contribution in [0.3, 0.4) is 0 Å². The molecule has 1 atom stereocenters. The van der Waals surface area contributed by atoms with Gasteiger partial charge in [0.15, 0.2) is 0 Å². The first kappa shape index (κ1) is 14.2. The monoisotopic (exact) mass is 302 g/mol. The van der Waals surface area contributed by atoms with Gasteiger partial charge in [0.2, 0.25) is 5.91 Å². The molecule has 0 aromatic carbocycles. The minimum Gasteiger partial charge on any atom is -0.309 e. The summed E-state index contributed by atoms with van der Waals surface area (Å²) in [6.07, 6.45) is 13.8. The van der Waals surface area contributed by atoms with Crippen LogP contribution in [0.5, 0.6) is 0 Å². The van der Waals surface area contributed by atoms with Crippen LogP contribution in [-0.4, -0.2) is 46.3 Å². The summed E-state index contributed by atoms with van der Waals surface area (Å²) >= 11 is 0. The van der Waals surface area contributed by atoms with Crippen molar-refractivity contribution in [3.8, 4) is 0 Å². The minimum absolute atomic E-state index is 0.245. The molecule has 5 nitrogen and oxygen atoms in total. The first-order valence-corrected chi connectivity index (χ1v) is 8.90. The van der Waals surface area contributed by atoms with E-state index in [9.17, 15) is 4.79 Å². The van der Waals surface area contributed by atoms with E-state index in [1.807, 2.05) is 11.1 Å². The molecule has 0 spiro atoms. The Bertz CT molecular complexity index is 535. The van der Waals surface area contributed by atoms with Crippen molar-refractivity contribution in [2.75, 3.05) is 24.5 Å². The number of hydrogen-bond acceptors (Lipinski definition) is 3. The number of anilines is 1. The molecule has 1 aliphatic carbocycles. The first-order valence-electron chi connectivity index (χ1n) is 8.90. The Kier molecular flexibility index (Phi) is 3.90. The summed E-state index contributed by atoms with van der Waals surface area (Å²) in [5, 5.41) is 4.55. The summed E-state index contributed by atoms with van der Waals surface area (Å²) in [6, 6.07) is 1.28. The van der Waals surface area contributed by atoms with Crippen LogP contribution in [0.1, 0.15) is 57.4 Å². The van der Waals surface area contributed by atoms with Gasteiger partial charge in [-0.3, -0.25) is 14.4 Å². The van der Waals surface area contributed by atoms with Gasteiger partial charge in [-0.2, -0.15) is 5.10 Å². The highest BCUT2D eigenvalue weighted by molar-refractivity contribution is 5.95. The van der Waals surface area contributed by atoms with Gasteiger partial charge < -0.3 is 4.90 Å². The summed E-state index contributed by atoms with van der Waals surface area (Å²) in [6.45, 7) is 3.18. The third kappa shape index (κ3) is 2.67. The summed E-state index contributed by atoms with van der Waals surface area (Å²) in [5.41, 5.74) is 0.985. The number of rotatable bonds is 3. The van der Waals surface area contributed by atoms with Crippen LogP contribution in [-0.2, 0) is 4.79 Å². The summed E-state index contributed by atoms with van der Waals surface area (Å²) in [7, 11) is 0. The van der Waals surface area contributed by atoms with Crippen LogP contribution in [0.15, 0.2) is 12.4 Å². The second-order valence-electron chi connectivity index (χ2n) is 7.06. The molecule has 5 heteroatoms. The largest absolute Gasteiger partial charge is 0.309 e. The number of amides is 1. The molecule has 3 aliphatic rings. The molecular weight excluding hydrogens is 276 g/mol. The molecule has 1 aromatic rings. The van der Waals surface area contributed by atoms with E-state index < -0.39 is 0 Å². The predicted octanol–water partition coefficient (Wildman–Crippen LogP) is 2.59. The highest BCUT2D eigenvalue weighted by Crippen LogP contribution is 2.30. The molecular formula is C17H26N4O. The van der Waals surface area contributed by atoms with Crippen LogP contribution in [0.4, 0.5) is 5.69 Å². The minimum atomic E-state index is 0.245. The average molecular weight is 302 g/mol. The number of carbonyl (C=O) groups excluding carboxylic acids is 1. The van der Waals surface area contributed by atoms with Crippen LogP contribution in [0.2, 0.25) is 0 Å². The van der Waals surface area contributed by atoms with Gasteiger partial charge in [0, 0.05) is 38.3 Å². The molecule has 0 radical (unpaired) electrons. The molecule has 2 saturated heterocycles. The summed E-state index contributed by atoms with van der Waals surface area (Å²) in [4.78, 5) is 16.4. The fraction of sp³-hybridized carbons (Fsp3) is 0.765. The smallest absolute Gasteiger partial charge is 0.227 e. The van der Waals surface area contributed by atoms with Crippen LogP contribution >= 0.6 is 0 Å². The van der Waals surface area contributed by atoms with Crippen molar-refractivity contribution < 1.29 is 4.79 Å². The van der Waals surface area contributed by atoms with Crippen molar-refractivity contribution in [2.24, 2.45) is 0 Å². The molecule has 0 bridgehead atoms. The molecule has 4 rings (SSSR count). The van der Waals surface area contributed by atoms with Gasteiger partial charge in [-0.1, -0.05) is 19.3 Å². The molecule has 22 heavy (non-hydrogen) atoms.